The summed E-state index contributed by atoms with van der Waals surface area (Å²) in [4.78, 5) is 16.4. The molecule has 4 rings (SSSR count). The Morgan fingerprint density at radius 3 is 2.72 bits per heavy atom. The number of benzene rings is 2. The van der Waals surface area contributed by atoms with Crippen LogP contribution >= 0.6 is 0 Å². The summed E-state index contributed by atoms with van der Waals surface area (Å²) in [5, 5.41) is 12.9. The second-order valence-electron chi connectivity index (χ2n) is 7.33. The van der Waals surface area contributed by atoms with E-state index >= 15 is 0 Å². The van der Waals surface area contributed by atoms with Crippen molar-refractivity contribution in [2.75, 3.05) is 12.4 Å². The summed E-state index contributed by atoms with van der Waals surface area (Å²) in [6.45, 7) is 2.01. The molecule has 0 radical (unpaired) electrons. The van der Waals surface area contributed by atoms with Crippen LogP contribution in [0.4, 0.5) is 11.4 Å². The first-order valence-electron chi connectivity index (χ1n) is 9.86. The van der Waals surface area contributed by atoms with Crippen LogP contribution in [0.2, 0.25) is 0 Å². The molecular formula is C24H24N2O3. The number of pyridine rings is 1. The minimum absolute atomic E-state index is 0.272. The molecule has 0 saturated heterocycles. The van der Waals surface area contributed by atoms with E-state index in [9.17, 15) is 9.90 Å². The highest BCUT2D eigenvalue weighted by molar-refractivity contribution is 5.95. The van der Waals surface area contributed by atoms with Crippen LogP contribution in [0.5, 0.6) is 5.75 Å². The Hall–Kier alpha value is -3.34. The molecule has 0 bridgehead atoms. The molecular weight excluding hydrogens is 364 g/mol. The van der Waals surface area contributed by atoms with Crippen molar-refractivity contribution in [3.8, 4) is 17.0 Å². The highest BCUT2D eigenvalue weighted by Gasteiger charge is 2.28. The molecule has 1 aromatic heterocycles. The van der Waals surface area contributed by atoms with E-state index in [4.69, 9.17) is 9.72 Å². The maximum Gasteiger partial charge on any atom is 0.337 e. The normalized spacial score (nSPS) is 13.2. The second kappa shape index (κ2) is 7.95. The predicted molar refractivity (Wildman–Crippen MR) is 114 cm³/mol. The number of carbonyl (C=O) groups is 1. The summed E-state index contributed by atoms with van der Waals surface area (Å²) in [5.74, 6) is 0.355. The highest BCUT2D eigenvalue weighted by atomic mass is 16.5. The third-order valence-corrected chi connectivity index (χ3v) is 5.28. The lowest BCUT2D eigenvalue weighted by molar-refractivity contribution is 0.0698. The van der Waals surface area contributed by atoms with Gasteiger partial charge in [-0.1, -0.05) is 25.1 Å². The summed E-state index contributed by atoms with van der Waals surface area (Å²) in [7, 11) is 1.66. The summed E-state index contributed by atoms with van der Waals surface area (Å²) < 4.78 is 5.35. The lowest BCUT2D eigenvalue weighted by Gasteiger charge is -2.14. The molecule has 0 atom stereocenters. The Morgan fingerprint density at radius 2 is 2.03 bits per heavy atom. The van der Waals surface area contributed by atoms with Crippen molar-refractivity contribution in [2.24, 2.45) is 0 Å². The summed E-state index contributed by atoms with van der Waals surface area (Å²) in [5.41, 5.74) is 5.81. The van der Waals surface area contributed by atoms with Crippen molar-refractivity contribution in [3.63, 3.8) is 0 Å². The molecule has 2 N–H and O–H groups in total. The van der Waals surface area contributed by atoms with Gasteiger partial charge in [0.2, 0.25) is 0 Å². The van der Waals surface area contributed by atoms with Crippen LogP contribution in [-0.4, -0.2) is 23.2 Å². The van der Waals surface area contributed by atoms with Crippen molar-refractivity contribution < 1.29 is 14.6 Å². The fraction of sp³-hybridized carbons (Fsp3) is 0.250. The first kappa shape index (κ1) is 19.0. The van der Waals surface area contributed by atoms with Gasteiger partial charge >= 0.3 is 5.97 Å². The molecule has 1 saturated carbocycles. The van der Waals surface area contributed by atoms with Gasteiger partial charge in [-0.2, -0.15) is 0 Å². The standard InChI is InChI=1S/C24H24N2O3/c1-3-15-7-10-22(21(11-15)24(27)28)26-18-13-20(16-8-9-16)23(25-14-18)17-5-4-6-19(12-17)29-2/h4-7,10-14,16,26H,3,8-9H2,1-2H3,(H,27,28). The quantitative estimate of drug-likeness (QED) is 0.548. The lowest BCUT2D eigenvalue weighted by atomic mass is 10.0. The number of carboxylic acid groups (broad SMARTS) is 1. The van der Waals surface area contributed by atoms with Gasteiger partial charge in [0.15, 0.2) is 0 Å². The number of nitrogens with one attached hydrogen (secondary N) is 1. The molecule has 1 fully saturated rings. The number of anilines is 2. The monoisotopic (exact) mass is 388 g/mol. The average molecular weight is 388 g/mol. The molecule has 0 amide bonds. The summed E-state index contributed by atoms with van der Waals surface area (Å²) >= 11 is 0. The fourth-order valence-electron chi connectivity index (χ4n) is 3.52. The zero-order chi connectivity index (χ0) is 20.4. The maximum absolute atomic E-state index is 11.7. The van der Waals surface area contributed by atoms with Crippen LogP contribution in [0.1, 0.15) is 47.2 Å². The van der Waals surface area contributed by atoms with E-state index in [1.54, 1.807) is 19.4 Å². The molecule has 5 heteroatoms. The van der Waals surface area contributed by atoms with Crippen LogP contribution in [-0.2, 0) is 6.42 Å². The van der Waals surface area contributed by atoms with Crippen LogP contribution < -0.4 is 10.1 Å². The van der Waals surface area contributed by atoms with Gasteiger partial charge in [0.05, 0.1) is 35.9 Å². The predicted octanol–water partition coefficient (Wildman–Crippen LogP) is 5.64. The molecule has 0 spiro atoms. The molecule has 2 aromatic carbocycles. The van der Waals surface area contributed by atoms with Crippen molar-refractivity contribution in [1.82, 2.24) is 4.98 Å². The smallest absolute Gasteiger partial charge is 0.337 e. The van der Waals surface area contributed by atoms with Crippen molar-refractivity contribution in [1.29, 1.82) is 0 Å². The Kier molecular flexibility index (Phi) is 5.21. The van der Waals surface area contributed by atoms with E-state index in [-0.39, 0.29) is 5.56 Å². The minimum atomic E-state index is -0.939. The molecule has 1 aliphatic rings. The van der Waals surface area contributed by atoms with Crippen molar-refractivity contribution >= 4 is 17.3 Å². The molecule has 5 nitrogen and oxygen atoms in total. The first-order valence-corrected chi connectivity index (χ1v) is 9.86. The molecule has 0 aliphatic heterocycles. The first-order chi connectivity index (χ1) is 14.1. The van der Waals surface area contributed by atoms with E-state index in [1.165, 1.54) is 5.56 Å². The Labute approximate surface area is 170 Å². The molecule has 1 aliphatic carbocycles. The second-order valence-corrected chi connectivity index (χ2v) is 7.33. The van der Waals surface area contributed by atoms with Crippen LogP contribution in [0.15, 0.2) is 54.7 Å². The molecule has 29 heavy (non-hydrogen) atoms. The maximum atomic E-state index is 11.7. The van der Waals surface area contributed by atoms with Crippen molar-refractivity contribution in [2.45, 2.75) is 32.1 Å². The number of aromatic nitrogens is 1. The number of rotatable bonds is 7. The number of carboxylic acids is 1. The van der Waals surface area contributed by atoms with Gasteiger partial charge < -0.3 is 15.2 Å². The largest absolute Gasteiger partial charge is 0.497 e. The number of nitrogens with zero attached hydrogens (tertiary/aromatic N) is 1. The third kappa shape index (κ3) is 4.09. The number of hydrogen-bond donors (Lipinski definition) is 2. The lowest BCUT2D eigenvalue weighted by Crippen LogP contribution is -2.04. The van der Waals surface area contributed by atoms with Gasteiger partial charge in [0, 0.05) is 5.56 Å². The minimum Gasteiger partial charge on any atom is -0.497 e. The van der Waals surface area contributed by atoms with Crippen molar-refractivity contribution in [3.05, 3.63) is 71.4 Å². The Morgan fingerprint density at radius 1 is 1.21 bits per heavy atom. The SMILES string of the molecule is CCc1ccc(Nc2cnc(-c3cccc(OC)c3)c(C3CC3)c2)c(C(=O)O)c1. The number of aryl methyl sites for hydroxylation is 1. The third-order valence-electron chi connectivity index (χ3n) is 5.28. The number of aromatic carboxylic acids is 1. The summed E-state index contributed by atoms with van der Waals surface area (Å²) in [6.07, 6.45) is 4.85. The topological polar surface area (TPSA) is 71.5 Å². The molecule has 1 heterocycles. The van der Waals surface area contributed by atoms with Crippen LogP contribution in [0.3, 0.4) is 0 Å². The number of hydrogen-bond acceptors (Lipinski definition) is 4. The number of methoxy groups -OCH3 is 1. The Bertz CT molecular complexity index is 1060. The number of ether oxygens (including phenoxy) is 1. The van der Waals surface area contributed by atoms with E-state index in [2.05, 4.69) is 11.4 Å². The average Bonchev–Trinajstić information content (AvgIpc) is 3.59. The van der Waals surface area contributed by atoms with Crippen LogP contribution in [0, 0.1) is 0 Å². The molecule has 0 unspecified atom stereocenters. The van der Waals surface area contributed by atoms with E-state index < -0.39 is 5.97 Å². The summed E-state index contributed by atoms with van der Waals surface area (Å²) in [6, 6.07) is 15.5. The van der Waals surface area contributed by atoms with Gasteiger partial charge in [-0.3, -0.25) is 4.98 Å². The van der Waals surface area contributed by atoms with Gasteiger partial charge in [-0.25, -0.2) is 4.79 Å². The van der Waals surface area contributed by atoms with Gasteiger partial charge in [-0.05, 0) is 66.6 Å². The molecule has 3 aromatic rings. The van der Waals surface area contributed by atoms with Crippen LogP contribution in [0.25, 0.3) is 11.3 Å². The zero-order valence-corrected chi connectivity index (χ0v) is 16.6. The fourth-order valence-corrected chi connectivity index (χ4v) is 3.52. The Balaban J connectivity index is 1.70. The van der Waals surface area contributed by atoms with Gasteiger partial charge in [-0.15, -0.1) is 0 Å². The van der Waals surface area contributed by atoms with Gasteiger partial charge in [0.1, 0.15) is 5.75 Å². The van der Waals surface area contributed by atoms with Gasteiger partial charge in [0.25, 0.3) is 0 Å². The van der Waals surface area contributed by atoms with E-state index in [1.807, 2.05) is 43.3 Å². The zero-order valence-electron chi connectivity index (χ0n) is 16.6. The van der Waals surface area contributed by atoms with E-state index in [0.717, 1.165) is 47.5 Å². The highest BCUT2D eigenvalue weighted by Crippen LogP contribution is 2.45. The van der Waals surface area contributed by atoms with E-state index in [0.29, 0.717) is 11.6 Å². The molecule has 148 valence electrons.